The summed E-state index contributed by atoms with van der Waals surface area (Å²) in [6.07, 6.45) is 0. The summed E-state index contributed by atoms with van der Waals surface area (Å²) in [7, 11) is -3.76. The Balaban J connectivity index is 2.25. The molecular weight excluding hydrogens is 288 g/mol. The highest BCUT2D eigenvalue weighted by molar-refractivity contribution is 7.89. The Morgan fingerprint density at radius 2 is 1.71 bits per heavy atom. The first-order valence-corrected chi connectivity index (χ1v) is 7.73. The van der Waals surface area contributed by atoms with Gasteiger partial charge in [-0.05, 0) is 29.8 Å². The fourth-order valence-corrected chi connectivity index (χ4v) is 3.08. The molecule has 0 aliphatic rings. The van der Waals surface area contributed by atoms with Crippen molar-refractivity contribution in [3.05, 3.63) is 65.7 Å². The van der Waals surface area contributed by atoms with Crippen molar-refractivity contribution in [2.45, 2.75) is 10.9 Å². The molecule has 0 saturated heterocycles. The molecular formula is C15H14N2O3S. The quantitative estimate of drug-likeness (QED) is 0.877. The van der Waals surface area contributed by atoms with Gasteiger partial charge in [0.05, 0.1) is 29.2 Å². The Morgan fingerprint density at radius 3 is 2.24 bits per heavy atom. The molecule has 0 radical (unpaired) electrons. The first kappa shape index (κ1) is 15.2. The third-order valence-electron chi connectivity index (χ3n) is 2.98. The van der Waals surface area contributed by atoms with Gasteiger partial charge in [-0.3, -0.25) is 0 Å². The maximum atomic E-state index is 12.3. The smallest absolute Gasteiger partial charge is 0.241 e. The van der Waals surface area contributed by atoms with Gasteiger partial charge in [0, 0.05) is 0 Å². The molecule has 108 valence electrons. The molecule has 2 aromatic carbocycles. The van der Waals surface area contributed by atoms with Gasteiger partial charge in [0.25, 0.3) is 0 Å². The van der Waals surface area contributed by atoms with Gasteiger partial charge < -0.3 is 5.11 Å². The minimum absolute atomic E-state index is 0.0517. The summed E-state index contributed by atoms with van der Waals surface area (Å²) in [5.41, 5.74) is 1.06. The van der Waals surface area contributed by atoms with Crippen molar-refractivity contribution < 1.29 is 13.5 Å². The van der Waals surface area contributed by atoms with Crippen LogP contribution in [0.25, 0.3) is 0 Å². The van der Waals surface area contributed by atoms with E-state index in [2.05, 4.69) is 4.72 Å². The maximum Gasteiger partial charge on any atom is 0.241 e. The SMILES string of the molecule is N#Cc1ccc(S(=O)(=O)NC(CO)c2ccccc2)cc1. The van der Waals surface area contributed by atoms with Gasteiger partial charge in [-0.25, -0.2) is 13.1 Å². The van der Waals surface area contributed by atoms with E-state index < -0.39 is 16.1 Å². The molecule has 2 rings (SSSR count). The number of benzene rings is 2. The van der Waals surface area contributed by atoms with Gasteiger partial charge >= 0.3 is 0 Å². The molecule has 0 spiro atoms. The predicted octanol–water partition coefficient (Wildman–Crippen LogP) is 1.57. The second-order valence-electron chi connectivity index (χ2n) is 4.40. The van der Waals surface area contributed by atoms with Gasteiger partial charge in [0.2, 0.25) is 10.0 Å². The van der Waals surface area contributed by atoms with E-state index in [-0.39, 0.29) is 11.5 Å². The normalized spacial score (nSPS) is 12.6. The van der Waals surface area contributed by atoms with Crippen molar-refractivity contribution in [2.75, 3.05) is 6.61 Å². The number of nitrogens with zero attached hydrogens (tertiary/aromatic N) is 1. The van der Waals surface area contributed by atoms with E-state index in [1.807, 2.05) is 12.1 Å². The summed E-state index contributed by atoms with van der Waals surface area (Å²) in [6, 6.07) is 15.6. The monoisotopic (exact) mass is 302 g/mol. The Labute approximate surface area is 123 Å². The van der Waals surface area contributed by atoms with Crippen molar-refractivity contribution in [3.8, 4) is 6.07 Å². The lowest BCUT2D eigenvalue weighted by Crippen LogP contribution is -2.30. The lowest BCUT2D eigenvalue weighted by molar-refractivity contribution is 0.259. The van der Waals surface area contributed by atoms with Crippen molar-refractivity contribution in [2.24, 2.45) is 0 Å². The minimum atomic E-state index is -3.76. The zero-order valence-electron chi connectivity index (χ0n) is 11.1. The zero-order valence-corrected chi connectivity index (χ0v) is 11.9. The fourth-order valence-electron chi connectivity index (χ4n) is 1.86. The van der Waals surface area contributed by atoms with Crippen molar-refractivity contribution in [1.82, 2.24) is 4.72 Å². The Kier molecular flexibility index (Phi) is 4.70. The van der Waals surface area contributed by atoms with Crippen LogP contribution in [-0.2, 0) is 10.0 Å². The number of rotatable bonds is 5. The van der Waals surface area contributed by atoms with E-state index in [1.165, 1.54) is 24.3 Å². The highest BCUT2D eigenvalue weighted by Gasteiger charge is 2.20. The summed E-state index contributed by atoms with van der Waals surface area (Å²) in [5, 5.41) is 18.1. The van der Waals surface area contributed by atoms with E-state index in [1.54, 1.807) is 24.3 Å². The molecule has 0 aliphatic heterocycles. The molecule has 2 aromatic rings. The molecule has 2 N–H and O–H groups in total. The number of nitrogens with one attached hydrogen (secondary N) is 1. The molecule has 6 heteroatoms. The van der Waals surface area contributed by atoms with Crippen molar-refractivity contribution in [1.29, 1.82) is 5.26 Å². The summed E-state index contributed by atoms with van der Waals surface area (Å²) in [5.74, 6) is 0. The maximum absolute atomic E-state index is 12.3. The van der Waals surface area contributed by atoms with Crippen LogP contribution in [0.4, 0.5) is 0 Å². The Bertz CT molecular complexity index is 735. The lowest BCUT2D eigenvalue weighted by atomic mass is 10.1. The van der Waals surface area contributed by atoms with E-state index in [0.29, 0.717) is 11.1 Å². The topological polar surface area (TPSA) is 90.2 Å². The average molecular weight is 302 g/mol. The summed E-state index contributed by atoms with van der Waals surface area (Å²) < 4.78 is 27.0. The summed E-state index contributed by atoms with van der Waals surface area (Å²) >= 11 is 0. The second-order valence-corrected chi connectivity index (χ2v) is 6.12. The Morgan fingerprint density at radius 1 is 1.10 bits per heavy atom. The Hall–Kier alpha value is -2.20. The number of aliphatic hydroxyl groups is 1. The molecule has 21 heavy (non-hydrogen) atoms. The standard InChI is InChI=1S/C15H14N2O3S/c16-10-12-6-8-14(9-7-12)21(19,20)17-15(11-18)13-4-2-1-3-5-13/h1-9,15,17-18H,11H2. The molecule has 0 bridgehead atoms. The fraction of sp³-hybridized carbons (Fsp3) is 0.133. The second kappa shape index (κ2) is 6.50. The van der Waals surface area contributed by atoms with Gasteiger partial charge in [0.1, 0.15) is 0 Å². The van der Waals surface area contributed by atoms with Gasteiger partial charge in [-0.1, -0.05) is 30.3 Å². The largest absolute Gasteiger partial charge is 0.394 e. The molecule has 0 amide bonds. The first-order chi connectivity index (χ1) is 10.1. The van der Waals surface area contributed by atoms with Crippen LogP contribution in [0, 0.1) is 11.3 Å². The van der Waals surface area contributed by atoms with E-state index in [9.17, 15) is 13.5 Å². The number of aliphatic hydroxyl groups excluding tert-OH is 1. The number of hydrogen-bond acceptors (Lipinski definition) is 4. The predicted molar refractivity (Wildman–Crippen MR) is 77.7 cm³/mol. The van der Waals surface area contributed by atoms with Crippen molar-refractivity contribution >= 4 is 10.0 Å². The molecule has 5 nitrogen and oxygen atoms in total. The molecule has 0 aliphatic carbocycles. The highest BCUT2D eigenvalue weighted by atomic mass is 32.2. The van der Waals surface area contributed by atoms with Crippen LogP contribution < -0.4 is 4.72 Å². The summed E-state index contributed by atoms with van der Waals surface area (Å²) in [4.78, 5) is 0.0517. The van der Waals surface area contributed by atoms with Gasteiger partial charge in [-0.15, -0.1) is 0 Å². The van der Waals surface area contributed by atoms with Crippen LogP contribution >= 0.6 is 0 Å². The third-order valence-corrected chi connectivity index (χ3v) is 4.46. The van der Waals surface area contributed by atoms with Gasteiger partial charge in [-0.2, -0.15) is 5.26 Å². The van der Waals surface area contributed by atoms with Gasteiger partial charge in [0.15, 0.2) is 0 Å². The van der Waals surface area contributed by atoms with Crippen LogP contribution in [0.3, 0.4) is 0 Å². The van der Waals surface area contributed by atoms with Crippen LogP contribution in [0.2, 0.25) is 0 Å². The minimum Gasteiger partial charge on any atom is -0.394 e. The average Bonchev–Trinajstić information content (AvgIpc) is 2.53. The molecule has 0 saturated carbocycles. The van der Waals surface area contributed by atoms with Crippen LogP contribution in [-0.4, -0.2) is 20.1 Å². The zero-order chi connectivity index (χ0) is 15.3. The molecule has 0 fully saturated rings. The number of nitriles is 1. The first-order valence-electron chi connectivity index (χ1n) is 6.25. The molecule has 1 unspecified atom stereocenters. The molecule has 0 heterocycles. The molecule has 1 atom stereocenters. The van der Waals surface area contributed by atoms with Crippen LogP contribution in [0.5, 0.6) is 0 Å². The highest BCUT2D eigenvalue weighted by Crippen LogP contribution is 2.17. The van der Waals surface area contributed by atoms with E-state index >= 15 is 0 Å². The third kappa shape index (κ3) is 3.67. The summed E-state index contributed by atoms with van der Waals surface area (Å²) in [6.45, 7) is -0.348. The van der Waals surface area contributed by atoms with E-state index in [4.69, 9.17) is 5.26 Å². The number of sulfonamides is 1. The number of hydrogen-bond donors (Lipinski definition) is 2. The van der Waals surface area contributed by atoms with E-state index in [0.717, 1.165) is 0 Å². The van der Waals surface area contributed by atoms with Crippen molar-refractivity contribution in [3.63, 3.8) is 0 Å². The molecule has 0 aromatic heterocycles. The van der Waals surface area contributed by atoms with Crippen LogP contribution in [0.15, 0.2) is 59.5 Å². The van der Waals surface area contributed by atoms with Crippen LogP contribution in [0.1, 0.15) is 17.2 Å². The lowest BCUT2D eigenvalue weighted by Gasteiger charge is -2.16.